The first-order chi connectivity index (χ1) is 6.42. The van der Waals surface area contributed by atoms with Gasteiger partial charge in [-0.05, 0) is 61.1 Å². The average Bonchev–Trinajstić information content (AvgIpc) is 2.48. The molecule has 2 bridgehead atoms. The molecule has 67 valence electrons. The van der Waals surface area contributed by atoms with Crippen LogP contribution in [0.15, 0.2) is 18.2 Å². The molecular formula is C13H15. The molecule has 0 aromatic heterocycles. The Morgan fingerprint density at radius 1 is 1.08 bits per heavy atom. The quantitative estimate of drug-likeness (QED) is 0.563. The molecule has 1 saturated carbocycles. The minimum absolute atomic E-state index is 0.988. The van der Waals surface area contributed by atoms with Gasteiger partial charge in [0.1, 0.15) is 0 Å². The fraction of sp³-hybridized carbons (Fsp3) is 0.538. The topological polar surface area (TPSA) is 0 Å². The molecule has 0 nitrogen and oxygen atoms in total. The summed E-state index contributed by atoms with van der Waals surface area (Å²) in [5.74, 6) is 1.98. The van der Waals surface area contributed by atoms with Crippen molar-refractivity contribution in [3.63, 3.8) is 0 Å². The van der Waals surface area contributed by atoms with E-state index in [4.69, 9.17) is 0 Å². The smallest absolute Gasteiger partial charge is 0.0181 e. The summed E-state index contributed by atoms with van der Waals surface area (Å²) in [5.41, 5.74) is 3.18. The molecule has 3 rings (SSSR count). The zero-order chi connectivity index (χ0) is 8.67. The van der Waals surface area contributed by atoms with Crippen molar-refractivity contribution in [3.05, 3.63) is 35.4 Å². The lowest BCUT2D eigenvalue weighted by Crippen LogP contribution is -2.01. The molecule has 0 aliphatic heterocycles. The molecule has 2 aliphatic rings. The highest BCUT2D eigenvalue weighted by Crippen LogP contribution is 2.39. The van der Waals surface area contributed by atoms with Gasteiger partial charge in [-0.2, -0.15) is 0 Å². The molecule has 2 aliphatic carbocycles. The van der Waals surface area contributed by atoms with Crippen molar-refractivity contribution < 1.29 is 0 Å². The molecule has 13 heavy (non-hydrogen) atoms. The Bertz CT molecular complexity index is 283. The number of fused-ring (bicyclic) bond motifs is 3. The molecule has 1 aromatic rings. The first-order valence-corrected chi connectivity index (χ1v) is 5.39. The molecule has 0 spiro atoms. The number of benzene rings is 1. The van der Waals surface area contributed by atoms with Crippen LogP contribution in [0, 0.1) is 17.9 Å². The maximum absolute atomic E-state index is 3.21. The standard InChI is InChI=1S/C13H15/c1-2-4-13-9-11-6-5-10(7-11)8-12(13)3-1/h1,3-4,10-11H,5-9H2. The van der Waals surface area contributed by atoms with Crippen molar-refractivity contribution in [2.24, 2.45) is 11.8 Å². The Morgan fingerprint density at radius 3 is 2.69 bits per heavy atom. The average molecular weight is 171 g/mol. The van der Waals surface area contributed by atoms with E-state index in [1.165, 1.54) is 32.1 Å². The van der Waals surface area contributed by atoms with Gasteiger partial charge in [0.25, 0.3) is 0 Å². The maximum atomic E-state index is 3.21. The Balaban J connectivity index is 2.01. The van der Waals surface area contributed by atoms with E-state index in [1.807, 2.05) is 0 Å². The van der Waals surface area contributed by atoms with E-state index in [0.717, 1.165) is 11.8 Å². The Kier molecular flexibility index (Phi) is 1.68. The Hall–Kier alpha value is -0.780. The van der Waals surface area contributed by atoms with Gasteiger partial charge in [0.2, 0.25) is 0 Å². The lowest BCUT2D eigenvalue weighted by molar-refractivity contribution is 0.509. The van der Waals surface area contributed by atoms with Crippen molar-refractivity contribution in [3.8, 4) is 0 Å². The summed E-state index contributed by atoms with van der Waals surface area (Å²) in [4.78, 5) is 0. The summed E-state index contributed by atoms with van der Waals surface area (Å²) < 4.78 is 0. The van der Waals surface area contributed by atoms with Crippen molar-refractivity contribution in [1.29, 1.82) is 0 Å². The summed E-state index contributed by atoms with van der Waals surface area (Å²) in [6, 6.07) is 9.75. The number of hydrogen-bond donors (Lipinski definition) is 0. The molecule has 0 heteroatoms. The molecular weight excluding hydrogens is 156 g/mol. The fourth-order valence-corrected chi connectivity index (χ4v) is 3.06. The van der Waals surface area contributed by atoms with Crippen LogP contribution in [0.3, 0.4) is 0 Å². The first-order valence-electron chi connectivity index (χ1n) is 5.39. The van der Waals surface area contributed by atoms with Crippen LogP contribution in [0.4, 0.5) is 0 Å². The second-order valence-corrected chi connectivity index (χ2v) is 4.65. The van der Waals surface area contributed by atoms with Gasteiger partial charge in [-0.25, -0.2) is 0 Å². The molecule has 1 aromatic carbocycles. The summed E-state index contributed by atoms with van der Waals surface area (Å²) >= 11 is 0. The number of rotatable bonds is 0. The lowest BCUT2D eigenvalue weighted by atomic mass is 9.94. The van der Waals surface area contributed by atoms with E-state index in [-0.39, 0.29) is 0 Å². The second kappa shape index (κ2) is 2.87. The zero-order valence-corrected chi connectivity index (χ0v) is 7.92. The van der Waals surface area contributed by atoms with E-state index >= 15 is 0 Å². The third kappa shape index (κ3) is 1.29. The molecule has 0 amide bonds. The molecule has 1 radical (unpaired) electrons. The molecule has 0 heterocycles. The van der Waals surface area contributed by atoms with Crippen LogP contribution in [0.1, 0.15) is 30.4 Å². The van der Waals surface area contributed by atoms with E-state index in [1.54, 1.807) is 11.1 Å². The number of hydrogen-bond acceptors (Lipinski definition) is 0. The maximum Gasteiger partial charge on any atom is -0.0181 e. The fourth-order valence-electron chi connectivity index (χ4n) is 3.06. The second-order valence-electron chi connectivity index (χ2n) is 4.65. The van der Waals surface area contributed by atoms with Gasteiger partial charge in [-0.1, -0.05) is 18.2 Å². The predicted octanol–water partition coefficient (Wildman–Crippen LogP) is 3.00. The third-order valence-corrected chi connectivity index (χ3v) is 3.72. The molecule has 2 atom stereocenters. The molecule has 0 saturated heterocycles. The lowest BCUT2D eigenvalue weighted by Gasteiger charge is -2.12. The SMILES string of the molecule is [c]1ccc2c(c1)CC1CCC(C2)C1. The van der Waals surface area contributed by atoms with Crippen LogP contribution < -0.4 is 0 Å². The van der Waals surface area contributed by atoms with Crippen LogP contribution in [0.2, 0.25) is 0 Å². The predicted molar refractivity (Wildman–Crippen MR) is 53.5 cm³/mol. The highest BCUT2D eigenvalue weighted by Gasteiger charge is 2.28. The summed E-state index contributed by atoms with van der Waals surface area (Å²) in [6.45, 7) is 0. The van der Waals surface area contributed by atoms with E-state index < -0.39 is 0 Å². The van der Waals surface area contributed by atoms with Crippen molar-refractivity contribution in [2.45, 2.75) is 32.1 Å². The largest absolute Gasteiger partial charge is 0.0581 e. The van der Waals surface area contributed by atoms with Crippen LogP contribution >= 0.6 is 0 Å². The van der Waals surface area contributed by atoms with Crippen molar-refractivity contribution in [2.75, 3.05) is 0 Å². The minimum Gasteiger partial charge on any atom is -0.0581 e. The molecule has 2 unspecified atom stereocenters. The van der Waals surface area contributed by atoms with Gasteiger partial charge in [0.15, 0.2) is 0 Å². The normalized spacial score (nSPS) is 31.1. The van der Waals surface area contributed by atoms with Crippen molar-refractivity contribution in [1.82, 2.24) is 0 Å². The monoisotopic (exact) mass is 171 g/mol. The Morgan fingerprint density at radius 2 is 1.85 bits per heavy atom. The van der Waals surface area contributed by atoms with Gasteiger partial charge < -0.3 is 0 Å². The highest BCUT2D eigenvalue weighted by molar-refractivity contribution is 5.29. The van der Waals surface area contributed by atoms with Gasteiger partial charge >= 0.3 is 0 Å². The zero-order valence-electron chi connectivity index (χ0n) is 7.92. The van der Waals surface area contributed by atoms with Gasteiger partial charge in [-0.3, -0.25) is 0 Å². The summed E-state index contributed by atoms with van der Waals surface area (Å²) in [5, 5.41) is 0. The van der Waals surface area contributed by atoms with Crippen LogP contribution in [0.25, 0.3) is 0 Å². The summed E-state index contributed by atoms with van der Waals surface area (Å²) in [6.07, 6.45) is 7.08. The highest BCUT2D eigenvalue weighted by atomic mass is 14.3. The molecule has 1 fully saturated rings. The van der Waals surface area contributed by atoms with Gasteiger partial charge in [0, 0.05) is 0 Å². The van der Waals surface area contributed by atoms with E-state index in [9.17, 15) is 0 Å². The van der Waals surface area contributed by atoms with E-state index in [2.05, 4.69) is 24.3 Å². The van der Waals surface area contributed by atoms with Gasteiger partial charge in [-0.15, -0.1) is 0 Å². The van der Waals surface area contributed by atoms with Crippen LogP contribution in [0.5, 0.6) is 0 Å². The molecule has 0 N–H and O–H groups in total. The Labute approximate surface area is 80.0 Å². The first kappa shape index (κ1) is 7.61. The van der Waals surface area contributed by atoms with E-state index in [0.29, 0.717) is 0 Å². The van der Waals surface area contributed by atoms with Crippen molar-refractivity contribution >= 4 is 0 Å². The third-order valence-electron chi connectivity index (χ3n) is 3.72. The van der Waals surface area contributed by atoms with Crippen LogP contribution in [-0.4, -0.2) is 0 Å². The van der Waals surface area contributed by atoms with Crippen LogP contribution in [-0.2, 0) is 12.8 Å². The minimum atomic E-state index is 0.988. The summed E-state index contributed by atoms with van der Waals surface area (Å²) in [7, 11) is 0. The van der Waals surface area contributed by atoms with Gasteiger partial charge in [0.05, 0.1) is 0 Å².